The van der Waals surface area contributed by atoms with Crippen molar-refractivity contribution in [2.24, 2.45) is 7.05 Å². The largest absolute Gasteiger partial charge is 0.416 e. The number of nitrogens with one attached hydrogen (secondary N) is 2. The summed E-state index contributed by atoms with van der Waals surface area (Å²) in [4.78, 5) is 11.7. The van der Waals surface area contributed by atoms with Gasteiger partial charge in [0.25, 0.3) is 0 Å². The van der Waals surface area contributed by atoms with Gasteiger partial charge in [0.1, 0.15) is 0 Å². The summed E-state index contributed by atoms with van der Waals surface area (Å²) in [5, 5.41) is 8.96. The Morgan fingerprint density at radius 3 is 2.29 bits per heavy atom. The van der Waals surface area contributed by atoms with Crippen LogP contribution in [-0.4, -0.2) is 15.8 Å². The van der Waals surface area contributed by atoms with Crippen molar-refractivity contribution in [3.63, 3.8) is 0 Å². The molecule has 0 aliphatic rings. The highest BCUT2D eigenvalue weighted by Gasteiger charge is 2.29. The summed E-state index contributed by atoms with van der Waals surface area (Å²) in [5.41, 5.74) is 0.349. The number of aryl methyl sites for hydroxylation is 2. The summed E-state index contributed by atoms with van der Waals surface area (Å²) in [6.07, 6.45) is -4.40. The van der Waals surface area contributed by atoms with E-state index < -0.39 is 17.8 Å². The Morgan fingerprint density at radius 1 is 1.19 bits per heavy atom. The molecule has 2 N–H and O–H groups in total. The number of halogens is 3. The fourth-order valence-corrected chi connectivity index (χ4v) is 1.64. The zero-order chi connectivity index (χ0) is 15.6. The molecule has 1 aromatic carbocycles. The number of benzene rings is 1. The standard InChI is InChI=1S/C13H13F3N4O/c1-8-7-11(19-20(8)2)18-12(21)17-10-5-3-9(4-6-10)13(14,15)16/h3-7H,1-2H3,(H2,17,18,19,21). The van der Waals surface area contributed by atoms with Crippen molar-refractivity contribution in [3.05, 3.63) is 41.6 Å². The molecule has 0 radical (unpaired) electrons. The van der Waals surface area contributed by atoms with E-state index in [1.807, 2.05) is 6.92 Å². The summed E-state index contributed by atoms with van der Waals surface area (Å²) in [6, 6.07) is 5.28. The van der Waals surface area contributed by atoms with Crippen LogP contribution < -0.4 is 10.6 Å². The second kappa shape index (κ2) is 5.47. The molecule has 0 atom stereocenters. The molecule has 0 aliphatic carbocycles. The number of alkyl halides is 3. The predicted molar refractivity (Wildman–Crippen MR) is 72.0 cm³/mol. The van der Waals surface area contributed by atoms with Gasteiger partial charge in [0.15, 0.2) is 5.82 Å². The molecule has 8 heteroatoms. The molecule has 0 unspecified atom stereocenters. The van der Waals surface area contributed by atoms with Crippen LogP contribution in [0, 0.1) is 6.92 Å². The number of urea groups is 1. The molecule has 0 saturated heterocycles. The van der Waals surface area contributed by atoms with Crippen LogP contribution in [0.3, 0.4) is 0 Å². The summed E-state index contributed by atoms with van der Waals surface area (Å²) < 4.78 is 38.8. The van der Waals surface area contributed by atoms with E-state index in [-0.39, 0.29) is 5.69 Å². The van der Waals surface area contributed by atoms with Gasteiger partial charge in [-0.05, 0) is 31.2 Å². The van der Waals surface area contributed by atoms with Gasteiger partial charge >= 0.3 is 12.2 Å². The van der Waals surface area contributed by atoms with Gasteiger partial charge in [0, 0.05) is 24.5 Å². The monoisotopic (exact) mass is 298 g/mol. The molecule has 0 saturated carbocycles. The van der Waals surface area contributed by atoms with Crippen LogP contribution in [0.15, 0.2) is 30.3 Å². The number of hydrogen-bond acceptors (Lipinski definition) is 2. The number of carbonyl (C=O) groups excluding carboxylic acids is 1. The lowest BCUT2D eigenvalue weighted by atomic mass is 10.2. The van der Waals surface area contributed by atoms with Gasteiger partial charge in [0.05, 0.1) is 5.56 Å². The highest BCUT2D eigenvalue weighted by Crippen LogP contribution is 2.29. The van der Waals surface area contributed by atoms with E-state index in [0.29, 0.717) is 5.82 Å². The Hall–Kier alpha value is -2.51. The first-order chi connectivity index (χ1) is 9.75. The quantitative estimate of drug-likeness (QED) is 0.892. The molecular formula is C13H13F3N4O. The smallest absolute Gasteiger partial charge is 0.308 e. The zero-order valence-electron chi connectivity index (χ0n) is 11.3. The molecular weight excluding hydrogens is 285 g/mol. The van der Waals surface area contributed by atoms with E-state index in [2.05, 4.69) is 15.7 Å². The van der Waals surface area contributed by atoms with Crippen molar-refractivity contribution < 1.29 is 18.0 Å². The van der Waals surface area contributed by atoms with Crippen molar-refractivity contribution in [1.82, 2.24) is 9.78 Å². The SMILES string of the molecule is Cc1cc(NC(=O)Nc2ccc(C(F)(F)F)cc2)nn1C. The zero-order valence-corrected chi connectivity index (χ0v) is 11.3. The Balaban J connectivity index is 1.99. The molecule has 0 aliphatic heterocycles. The Bertz CT molecular complexity index is 627. The van der Waals surface area contributed by atoms with Crippen LogP contribution in [0.5, 0.6) is 0 Å². The second-order valence-electron chi connectivity index (χ2n) is 4.45. The molecule has 1 aromatic heterocycles. The summed E-state index contributed by atoms with van der Waals surface area (Å²) in [6.45, 7) is 1.83. The van der Waals surface area contributed by atoms with Crippen LogP contribution in [-0.2, 0) is 13.2 Å². The van der Waals surface area contributed by atoms with Gasteiger partial charge in [-0.2, -0.15) is 18.3 Å². The van der Waals surface area contributed by atoms with E-state index in [0.717, 1.165) is 17.8 Å². The minimum absolute atomic E-state index is 0.258. The highest BCUT2D eigenvalue weighted by molar-refractivity contribution is 5.99. The maximum atomic E-state index is 12.4. The van der Waals surface area contributed by atoms with Gasteiger partial charge in [0.2, 0.25) is 0 Å². The van der Waals surface area contributed by atoms with Gasteiger partial charge in [-0.3, -0.25) is 10.00 Å². The lowest BCUT2D eigenvalue weighted by Crippen LogP contribution is -2.19. The highest BCUT2D eigenvalue weighted by atomic mass is 19.4. The normalized spacial score (nSPS) is 11.3. The Morgan fingerprint density at radius 2 is 1.81 bits per heavy atom. The van der Waals surface area contributed by atoms with E-state index in [9.17, 15) is 18.0 Å². The summed E-state index contributed by atoms with van der Waals surface area (Å²) in [7, 11) is 1.73. The van der Waals surface area contributed by atoms with Crippen molar-refractivity contribution in [1.29, 1.82) is 0 Å². The topological polar surface area (TPSA) is 59.0 Å². The summed E-state index contributed by atoms with van der Waals surface area (Å²) in [5.74, 6) is 0.361. The number of anilines is 2. The van der Waals surface area contributed by atoms with Crippen LogP contribution in [0.4, 0.5) is 29.5 Å². The first kappa shape index (κ1) is 14.9. The van der Waals surface area contributed by atoms with Crippen molar-refractivity contribution in [3.8, 4) is 0 Å². The van der Waals surface area contributed by atoms with E-state index in [4.69, 9.17) is 0 Å². The van der Waals surface area contributed by atoms with Crippen molar-refractivity contribution in [2.45, 2.75) is 13.1 Å². The van der Waals surface area contributed by atoms with Gasteiger partial charge in [-0.25, -0.2) is 4.79 Å². The van der Waals surface area contributed by atoms with Crippen molar-refractivity contribution in [2.75, 3.05) is 10.6 Å². The molecule has 5 nitrogen and oxygen atoms in total. The van der Waals surface area contributed by atoms with E-state index in [1.165, 1.54) is 12.1 Å². The third-order valence-corrected chi connectivity index (χ3v) is 2.83. The third kappa shape index (κ3) is 3.74. The van der Waals surface area contributed by atoms with Crippen LogP contribution in [0.1, 0.15) is 11.3 Å². The number of hydrogen-bond donors (Lipinski definition) is 2. The van der Waals surface area contributed by atoms with Gasteiger partial charge in [-0.1, -0.05) is 0 Å². The van der Waals surface area contributed by atoms with E-state index >= 15 is 0 Å². The number of amides is 2. The lowest BCUT2D eigenvalue weighted by Gasteiger charge is -2.08. The Labute approximate surface area is 118 Å². The maximum absolute atomic E-state index is 12.4. The number of aromatic nitrogens is 2. The van der Waals surface area contributed by atoms with Crippen molar-refractivity contribution >= 4 is 17.5 Å². The molecule has 112 valence electrons. The molecule has 0 bridgehead atoms. The summed E-state index contributed by atoms with van der Waals surface area (Å²) >= 11 is 0. The number of rotatable bonds is 2. The predicted octanol–water partition coefficient (Wildman–Crippen LogP) is 3.39. The number of nitrogens with zero attached hydrogens (tertiary/aromatic N) is 2. The first-order valence-corrected chi connectivity index (χ1v) is 6.01. The average molecular weight is 298 g/mol. The molecule has 2 aromatic rings. The molecule has 2 amide bonds. The minimum atomic E-state index is -4.40. The molecule has 2 rings (SSSR count). The van der Waals surface area contributed by atoms with Gasteiger partial charge < -0.3 is 5.32 Å². The second-order valence-corrected chi connectivity index (χ2v) is 4.45. The average Bonchev–Trinajstić information content (AvgIpc) is 2.67. The van der Waals surface area contributed by atoms with Crippen LogP contribution in [0.2, 0.25) is 0 Å². The maximum Gasteiger partial charge on any atom is 0.416 e. The minimum Gasteiger partial charge on any atom is -0.308 e. The Kier molecular flexibility index (Phi) is 3.88. The van der Waals surface area contributed by atoms with Crippen LogP contribution >= 0.6 is 0 Å². The fourth-order valence-electron chi connectivity index (χ4n) is 1.64. The molecule has 1 heterocycles. The van der Waals surface area contributed by atoms with Gasteiger partial charge in [-0.15, -0.1) is 0 Å². The number of carbonyl (C=O) groups is 1. The first-order valence-electron chi connectivity index (χ1n) is 6.01. The molecule has 21 heavy (non-hydrogen) atoms. The third-order valence-electron chi connectivity index (χ3n) is 2.83. The molecule has 0 fully saturated rings. The van der Waals surface area contributed by atoms with E-state index in [1.54, 1.807) is 17.8 Å². The molecule has 0 spiro atoms. The lowest BCUT2D eigenvalue weighted by molar-refractivity contribution is -0.137. The van der Waals surface area contributed by atoms with Crippen LogP contribution in [0.25, 0.3) is 0 Å². The fraction of sp³-hybridized carbons (Fsp3) is 0.231.